The highest BCUT2D eigenvalue weighted by Gasteiger charge is 2.19. The number of hydrogen-bond donors (Lipinski definition) is 1. The Bertz CT molecular complexity index is 1090. The molecule has 0 aliphatic heterocycles. The van der Waals surface area contributed by atoms with Gasteiger partial charge in [0.15, 0.2) is 5.76 Å². The molecule has 5 nitrogen and oxygen atoms in total. The first-order chi connectivity index (χ1) is 12.0. The van der Waals surface area contributed by atoms with E-state index in [1.54, 1.807) is 0 Å². The zero-order valence-corrected chi connectivity index (χ0v) is 14.3. The van der Waals surface area contributed by atoms with Crippen LogP contribution in [0.1, 0.15) is 33.5 Å². The van der Waals surface area contributed by atoms with Crippen molar-refractivity contribution in [3.63, 3.8) is 0 Å². The number of carbonyl (C=O) groups excluding carboxylic acids is 1. The van der Waals surface area contributed by atoms with Gasteiger partial charge in [0.1, 0.15) is 11.3 Å². The molecule has 0 atom stereocenters. The molecule has 0 spiro atoms. The third kappa shape index (κ3) is 2.58. The molecule has 4 aromatic rings. The fourth-order valence-electron chi connectivity index (χ4n) is 3.02. The Kier molecular flexibility index (Phi) is 3.57. The van der Waals surface area contributed by atoms with E-state index in [4.69, 9.17) is 8.83 Å². The number of nitrogens with one attached hydrogen (secondary N) is 1. The van der Waals surface area contributed by atoms with Gasteiger partial charge in [0, 0.05) is 16.3 Å². The molecule has 0 fully saturated rings. The lowest BCUT2D eigenvalue weighted by Crippen LogP contribution is -2.23. The second-order valence-electron chi connectivity index (χ2n) is 6.15. The average molecular weight is 334 g/mol. The molecule has 0 aliphatic rings. The van der Waals surface area contributed by atoms with E-state index in [1.807, 2.05) is 57.2 Å². The first-order valence-electron chi connectivity index (χ1n) is 8.16. The summed E-state index contributed by atoms with van der Waals surface area (Å²) in [5.74, 6) is 1.30. The minimum Gasteiger partial charge on any atom is -0.450 e. The van der Waals surface area contributed by atoms with Gasteiger partial charge < -0.3 is 14.2 Å². The van der Waals surface area contributed by atoms with Crippen LogP contribution in [-0.2, 0) is 6.54 Å². The lowest BCUT2D eigenvalue weighted by molar-refractivity contribution is 0.0920. The van der Waals surface area contributed by atoms with Crippen molar-refractivity contribution in [3.8, 4) is 0 Å². The number of fused-ring (bicyclic) bond motifs is 3. The van der Waals surface area contributed by atoms with Gasteiger partial charge in [0.25, 0.3) is 5.91 Å². The van der Waals surface area contributed by atoms with E-state index < -0.39 is 0 Å². The maximum atomic E-state index is 12.6. The van der Waals surface area contributed by atoms with Crippen molar-refractivity contribution in [1.82, 2.24) is 10.3 Å². The number of rotatable bonds is 3. The summed E-state index contributed by atoms with van der Waals surface area (Å²) in [6, 6.07) is 12.0. The molecule has 4 rings (SSSR count). The summed E-state index contributed by atoms with van der Waals surface area (Å²) in [4.78, 5) is 16.8. The molecule has 0 radical (unpaired) electrons. The smallest absolute Gasteiger partial charge is 0.287 e. The Morgan fingerprint density at radius 3 is 2.60 bits per heavy atom. The molecular weight excluding hydrogens is 316 g/mol. The summed E-state index contributed by atoms with van der Waals surface area (Å²) in [6.45, 7) is 5.85. The minimum atomic E-state index is -0.272. The largest absolute Gasteiger partial charge is 0.450 e. The van der Waals surface area contributed by atoms with E-state index in [0.717, 1.165) is 38.8 Å². The van der Waals surface area contributed by atoms with Crippen LogP contribution in [0.5, 0.6) is 0 Å². The molecule has 2 aromatic heterocycles. The van der Waals surface area contributed by atoms with Gasteiger partial charge in [0.05, 0.1) is 12.2 Å². The van der Waals surface area contributed by atoms with Crippen LogP contribution in [0.2, 0.25) is 0 Å². The van der Waals surface area contributed by atoms with Gasteiger partial charge in [-0.15, -0.1) is 0 Å². The normalized spacial score (nSPS) is 11.3. The summed E-state index contributed by atoms with van der Waals surface area (Å²) in [5.41, 5.74) is 2.40. The highest BCUT2D eigenvalue weighted by molar-refractivity contribution is 6.08. The highest BCUT2D eigenvalue weighted by atomic mass is 16.4. The van der Waals surface area contributed by atoms with Crippen LogP contribution in [0, 0.1) is 20.8 Å². The summed E-state index contributed by atoms with van der Waals surface area (Å²) in [7, 11) is 0. The maximum Gasteiger partial charge on any atom is 0.287 e. The lowest BCUT2D eigenvalue weighted by Gasteiger charge is -2.00. The quantitative estimate of drug-likeness (QED) is 0.602. The second kappa shape index (κ2) is 5.77. The number of benzene rings is 2. The fourth-order valence-corrected chi connectivity index (χ4v) is 3.02. The van der Waals surface area contributed by atoms with Crippen molar-refractivity contribution in [2.75, 3.05) is 0 Å². The number of amides is 1. The number of oxazole rings is 1. The number of carbonyl (C=O) groups is 1. The molecular formula is C20H18N2O3. The lowest BCUT2D eigenvalue weighted by atomic mass is 10.1. The molecule has 25 heavy (non-hydrogen) atoms. The topological polar surface area (TPSA) is 68.3 Å². The molecule has 0 aliphatic carbocycles. The number of nitrogens with zero attached hydrogens (tertiary/aromatic N) is 1. The molecule has 2 heterocycles. The van der Waals surface area contributed by atoms with Crippen molar-refractivity contribution < 1.29 is 13.6 Å². The van der Waals surface area contributed by atoms with Crippen molar-refractivity contribution in [3.05, 3.63) is 65.1 Å². The SMILES string of the molecule is Cc1nc(CNC(=O)c2oc3c(ccc4ccccc43)c2C)oc1C. The second-order valence-corrected chi connectivity index (χ2v) is 6.15. The van der Waals surface area contributed by atoms with Crippen LogP contribution in [0.25, 0.3) is 21.7 Å². The Balaban J connectivity index is 1.67. The Hall–Kier alpha value is -3.08. The van der Waals surface area contributed by atoms with Crippen molar-refractivity contribution in [2.24, 2.45) is 0 Å². The monoisotopic (exact) mass is 334 g/mol. The van der Waals surface area contributed by atoms with Gasteiger partial charge in [-0.3, -0.25) is 4.79 Å². The Morgan fingerprint density at radius 1 is 1.04 bits per heavy atom. The van der Waals surface area contributed by atoms with E-state index in [-0.39, 0.29) is 12.5 Å². The molecule has 2 aromatic carbocycles. The molecule has 1 amide bonds. The summed E-state index contributed by atoms with van der Waals surface area (Å²) < 4.78 is 11.4. The van der Waals surface area contributed by atoms with E-state index in [2.05, 4.69) is 10.3 Å². The Labute approximate surface area is 144 Å². The van der Waals surface area contributed by atoms with Crippen LogP contribution in [0.3, 0.4) is 0 Å². The number of hydrogen-bond acceptors (Lipinski definition) is 4. The molecule has 0 saturated carbocycles. The van der Waals surface area contributed by atoms with E-state index in [9.17, 15) is 4.79 Å². The van der Waals surface area contributed by atoms with Crippen LogP contribution >= 0.6 is 0 Å². The summed E-state index contributed by atoms with van der Waals surface area (Å²) >= 11 is 0. The van der Waals surface area contributed by atoms with E-state index in [1.165, 1.54) is 0 Å². The van der Waals surface area contributed by atoms with Gasteiger partial charge in [-0.25, -0.2) is 4.98 Å². The van der Waals surface area contributed by atoms with Gasteiger partial charge in [-0.2, -0.15) is 0 Å². The zero-order chi connectivity index (χ0) is 17.6. The van der Waals surface area contributed by atoms with Crippen molar-refractivity contribution in [2.45, 2.75) is 27.3 Å². The van der Waals surface area contributed by atoms with Crippen LogP contribution in [-0.4, -0.2) is 10.9 Å². The third-order valence-corrected chi connectivity index (χ3v) is 4.51. The molecule has 0 bridgehead atoms. The summed E-state index contributed by atoms with van der Waals surface area (Å²) in [6.07, 6.45) is 0. The minimum absolute atomic E-state index is 0.227. The average Bonchev–Trinajstić information content (AvgIpc) is 3.12. The fraction of sp³-hybridized carbons (Fsp3) is 0.200. The van der Waals surface area contributed by atoms with Gasteiger partial charge >= 0.3 is 0 Å². The van der Waals surface area contributed by atoms with E-state index >= 15 is 0 Å². The van der Waals surface area contributed by atoms with Crippen LogP contribution in [0.15, 0.2) is 45.2 Å². The molecule has 5 heteroatoms. The predicted molar refractivity (Wildman–Crippen MR) is 95.6 cm³/mol. The zero-order valence-electron chi connectivity index (χ0n) is 14.3. The van der Waals surface area contributed by atoms with Gasteiger partial charge in [-0.1, -0.05) is 36.4 Å². The molecule has 0 saturated heterocycles. The standard InChI is InChI=1S/C20H18N2O3/c1-11-15-9-8-14-6-4-5-7-16(14)19(15)25-18(11)20(23)21-10-17-22-12(2)13(3)24-17/h4-9H,10H2,1-3H3,(H,21,23). The Morgan fingerprint density at radius 2 is 1.84 bits per heavy atom. The number of furan rings is 1. The van der Waals surface area contributed by atoms with Gasteiger partial charge in [-0.05, 0) is 26.2 Å². The predicted octanol–water partition coefficient (Wildman–Crippen LogP) is 4.43. The molecule has 0 unspecified atom stereocenters. The first kappa shape index (κ1) is 15.4. The van der Waals surface area contributed by atoms with Gasteiger partial charge in [0.2, 0.25) is 5.89 Å². The van der Waals surface area contributed by atoms with Crippen LogP contribution < -0.4 is 5.32 Å². The first-order valence-corrected chi connectivity index (χ1v) is 8.16. The van der Waals surface area contributed by atoms with Crippen molar-refractivity contribution >= 4 is 27.6 Å². The molecule has 1 N–H and O–H groups in total. The number of aryl methyl sites for hydroxylation is 3. The molecule has 126 valence electrons. The number of aromatic nitrogens is 1. The highest BCUT2D eigenvalue weighted by Crippen LogP contribution is 2.31. The van der Waals surface area contributed by atoms with E-state index in [0.29, 0.717) is 11.7 Å². The van der Waals surface area contributed by atoms with Crippen molar-refractivity contribution in [1.29, 1.82) is 0 Å². The maximum absolute atomic E-state index is 12.6. The van der Waals surface area contributed by atoms with Crippen LogP contribution in [0.4, 0.5) is 0 Å². The third-order valence-electron chi connectivity index (χ3n) is 4.51. The summed E-state index contributed by atoms with van der Waals surface area (Å²) in [5, 5.41) is 5.85.